The molecule has 1 heterocycles. The number of ketones is 1. The topological polar surface area (TPSA) is 85.3 Å². The number of carbonyl (C=O) groups is 2. The maximum absolute atomic E-state index is 13.3. The molecule has 1 aliphatic rings. The van der Waals surface area contributed by atoms with E-state index < -0.39 is 17.7 Å². The zero-order valence-electron chi connectivity index (χ0n) is 20.8. The number of aryl methyl sites for hydroxylation is 1. The Morgan fingerprint density at radius 3 is 2.19 bits per heavy atom. The summed E-state index contributed by atoms with van der Waals surface area (Å²) in [5.41, 5.74) is 2.95. The van der Waals surface area contributed by atoms with Gasteiger partial charge in [-0.25, -0.2) is 0 Å². The van der Waals surface area contributed by atoms with Crippen molar-refractivity contribution >= 4 is 17.4 Å². The van der Waals surface area contributed by atoms with Crippen LogP contribution in [0.1, 0.15) is 28.3 Å². The third kappa shape index (κ3) is 4.64. The Bertz CT molecular complexity index is 1310. The van der Waals surface area contributed by atoms with Crippen LogP contribution in [0.15, 0.2) is 72.3 Å². The number of hydrogen-bond acceptors (Lipinski definition) is 6. The van der Waals surface area contributed by atoms with Crippen LogP contribution in [0.2, 0.25) is 0 Å². The number of aliphatic hydroxyl groups excluding tert-OH is 1. The highest BCUT2D eigenvalue weighted by atomic mass is 16.5. The number of aliphatic hydroxyl groups is 1. The lowest BCUT2D eigenvalue weighted by atomic mass is 9.94. The molecule has 1 atom stereocenters. The first kappa shape index (κ1) is 24.9. The molecule has 1 saturated heterocycles. The molecule has 7 heteroatoms. The predicted octanol–water partition coefficient (Wildman–Crippen LogP) is 4.69. The van der Waals surface area contributed by atoms with Crippen LogP contribution in [0.3, 0.4) is 0 Å². The second-order valence-corrected chi connectivity index (χ2v) is 8.55. The highest BCUT2D eigenvalue weighted by Gasteiger charge is 2.46. The number of nitrogens with zero attached hydrogens (tertiary/aromatic N) is 1. The normalized spacial score (nSPS) is 16.8. The number of amides is 1. The van der Waals surface area contributed by atoms with Crippen molar-refractivity contribution in [3.63, 3.8) is 0 Å². The minimum atomic E-state index is -0.739. The van der Waals surface area contributed by atoms with E-state index in [4.69, 9.17) is 14.2 Å². The van der Waals surface area contributed by atoms with Crippen LogP contribution in [0.4, 0.5) is 0 Å². The standard InChI is InChI=1S/C29H29NO6/c1-18-10-12-22(34-2)21(16-18)27(31)25-26(20-8-6-5-7-9-20)30(29(33)28(25)32)15-14-19-11-13-23(35-3)24(17-19)36-4/h5-13,16-17,26,31H,14-15H2,1-4H3/b27-25+. The van der Waals surface area contributed by atoms with E-state index in [1.54, 1.807) is 32.4 Å². The Labute approximate surface area is 210 Å². The molecule has 3 aromatic rings. The first-order chi connectivity index (χ1) is 17.4. The summed E-state index contributed by atoms with van der Waals surface area (Å²) in [6.07, 6.45) is 0.477. The van der Waals surface area contributed by atoms with Gasteiger partial charge in [-0.1, -0.05) is 48.0 Å². The van der Waals surface area contributed by atoms with Crippen LogP contribution >= 0.6 is 0 Å². The van der Waals surface area contributed by atoms with Gasteiger partial charge in [-0.3, -0.25) is 9.59 Å². The summed E-state index contributed by atoms with van der Waals surface area (Å²) in [4.78, 5) is 28.1. The third-order valence-corrected chi connectivity index (χ3v) is 6.35. The lowest BCUT2D eigenvalue weighted by Crippen LogP contribution is -2.31. The number of hydrogen-bond donors (Lipinski definition) is 1. The van der Waals surface area contributed by atoms with Crippen molar-refractivity contribution in [2.75, 3.05) is 27.9 Å². The molecule has 186 valence electrons. The first-order valence-electron chi connectivity index (χ1n) is 11.6. The summed E-state index contributed by atoms with van der Waals surface area (Å²) in [5.74, 6) is -0.0196. The predicted molar refractivity (Wildman–Crippen MR) is 136 cm³/mol. The first-order valence-corrected chi connectivity index (χ1v) is 11.6. The molecule has 0 spiro atoms. The smallest absolute Gasteiger partial charge is 0.295 e. The van der Waals surface area contributed by atoms with Crippen LogP contribution in [-0.2, 0) is 16.0 Å². The monoisotopic (exact) mass is 487 g/mol. The molecule has 7 nitrogen and oxygen atoms in total. The molecule has 0 radical (unpaired) electrons. The third-order valence-electron chi connectivity index (χ3n) is 6.35. The SMILES string of the molecule is COc1ccc(CCN2C(=O)C(=O)/C(=C(/O)c3cc(C)ccc3OC)C2c2ccccc2)cc1OC. The lowest BCUT2D eigenvalue weighted by molar-refractivity contribution is -0.139. The molecule has 1 fully saturated rings. The number of Topliss-reactive ketones (excluding diaryl/α,β-unsaturated/α-hetero) is 1. The van der Waals surface area contributed by atoms with E-state index in [0.29, 0.717) is 29.2 Å². The average Bonchev–Trinajstić information content (AvgIpc) is 3.16. The van der Waals surface area contributed by atoms with E-state index in [0.717, 1.165) is 16.7 Å². The summed E-state index contributed by atoms with van der Waals surface area (Å²) in [6.45, 7) is 2.15. The molecule has 0 saturated carbocycles. The van der Waals surface area contributed by atoms with Crippen molar-refractivity contribution < 1.29 is 28.9 Å². The van der Waals surface area contributed by atoms with Gasteiger partial charge in [0.1, 0.15) is 11.5 Å². The van der Waals surface area contributed by atoms with Gasteiger partial charge in [0.15, 0.2) is 11.5 Å². The summed E-state index contributed by atoms with van der Waals surface area (Å²) in [6, 6.07) is 19.4. The van der Waals surface area contributed by atoms with Crippen LogP contribution in [0, 0.1) is 6.92 Å². The lowest BCUT2D eigenvalue weighted by Gasteiger charge is -2.25. The molecule has 3 aromatic carbocycles. The molecule has 36 heavy (non-hydrogen) atoms. The molecule has 1 amide bonds. The maximum Gasteiger partial charge on any atom is 0.295 e. The summed E-state index contributed by atoms with van der Waals surface area (Å²) in [5, 5.41) is 11.4. The van der Waals surface area contributed by atoms with Gasteiger partial charge in [-0.2, -0.15) is 0 Å². The fraction of sp³-hybridized carbons (Fsp3) is 0.241. The van der Waals surface area contributed by atoms with Gasteiger partial charge in [0.25, 0.3) is 11.7 Å². The van der Waals surface area contributed by atoms with Crippen LogP contribution in [0.5, 0.6) is 17.2 Å². The van der Waals surface area contributed by atoms with Gasteiger partial charge in [-0.15, -0.1) is 0 Å². The van der Waals surface area contributed by atoms with E-state index in [2.05, 4.69) is 0 Å². The molecule has 4 rings (SSSR count). The fourth-order valence-electron chi connectivity index (χ4n) is 4.53. The Morgan fingerprint density at radius 2 is 1.53 bits per heavy atom. The fourth-order valence-corrected chi connectivity index (χ4v) is 4.53. The van der Waals surface area contributed by atoms with Crippen molar-refractivity contribution in [1.29, 1.82) is 0 Å². The number of likely N-dealkylation sites (tertiary alicyclic amines) is 1. The van der Waals surface area contributed by atoms with Gasteiger partial charge in [0.2, 0.25) is 0 Å². The summed E-state index contributed by atoms with van der Waals surface area (Å²) < 4.78 is 16.1. The van der Waals surface area contributed by atoms with Crippen molar-refractivity contribution in [2.45, 2.75) is 19.4 Å². The molecular formula is C29H29NO6. The molecule has 1 aliphatic heterocycles. The Hall–Kier alpha value is -4.26. The van der Waals surface area contributed by atoms with E-state index in [1.807, 2.05) is 55.5 Å². The van der Waals surface area contributed by atoms with Crippen LogP contribution < -0.4 is 14.2 Å². The number of rotatable bonds is 8. The average molecular weight is 488 g/mol. The number of ether oxygens (including phenoxy) is 3. The van der Waals surface area contributed by atoms with E-state index in [-0.39, 0.29) is 17.9 Å². The highest BCUT2D eigenvalue weighted by molar-refractivity contribution is 6.46. The Morgan fingerprint density at radius 1 is 0.861 bits per heavy atom. The van der Waals surface area contributed by atoms with E-state index >= 15 is 0 Å². The maximum atomic E-state index is 13.3. The van der Waals surface area contributed by atoms with Gasteiger partial charge >= 0.3 is 0 Å². The largest absolute Gasteiger partial charge is 0.507 e. The van der Waals surface area contributed by atoms with Crippen molar-refractivity contribution in [1.82, 2.24) is 4.90 Å². The molecule has 0 bridgehead atoms. The molecule has 0 aromatic heterocycles. The van der Waals surface area contributed by atoms with Crippen LogP contribution in [-0.4, -0.2) is 49.6 Å². The quantitative estimate of drug-likeness (QED) is 0.282. The molecular weight excluding hydrogens is 458 g/mol. The van der Waals surface area contributed by atoms with Crippen molar-refractivity contribution in [2.24, 2.45) is 0 Å². The van der Waals surface area contributed by atoms with Crippen LogP contribution in [0.25, 0.3) is 5.76 Å². The van der Waals surface area contributed by atoms with Gasteiger partial charge in [-0.05, 0) is 48.7 Å². The zero-order valence-corrected chi connectivity index (χ0v) is 20.8. The second kappa shape index (κ2) is 10.6. The van der Waals surface area contributed by atoms with Crippen molar-refractivity contribution in [3.8, 4) is 17.2 Å². The highest BCUT2D eigenvalue weighted by Crippen LogP contribution is 2.41. The van der Waals surface area contributed by atoms with Crippen molar-refractivity contribution in [3.05, 3.63) is 94.6 Å². The van der Waals surface area contributed by atoms with Gasteiger partial charge in [0.05, 0.1) is 38.5 Å². The zero-order chi connectivity index (χ0) is 25.8. The Kier molecular flexibility index (Phi) is 7.29. The van der Waals surface area contributed by atoms with E-state index in [1.165, 1.54) is 12.0 Å². The second-order valence-electron chi connectivity index (χ2n) is 8.55. The minimum Gasteiger partial charge on any atom is -0.507 e. The summed E-state index contributed by atoms with van der Waals surface area (Å²) >= 11 is 0. The Balaban J connectivity index is 1.77. The summed E-state index contributed by atoms with van der Waals surface area (Å²) in [7, 11) is 4.63. The number of carbonyl (C=O) groups excluding carboxylic acids is 2. The number of methoxy groups -OCH3 is 3. The van der Waals surface area contributed by atoms with Gasteiger partial charge in [0, 0.05) is 6.54 Å². The molecule has 1 unspecified atom stereocenters. The minimum absolute atomic E-state index is 0.0439. The van der Waals surface area contributed by atoms with Gasteiger partial charge < -0.3 is 24.2 Å². The molecule has 0 aliphatic carbocycles. The molecule has 1 N–H and O–H groups in total. The number of benzene rings is 3. The van der Waals surface area contributed by atoms with E-state index in [9.17, 15) is 14.7 Å².